The van der Waals surface area contributed by atoms with Gasteiger partial charge in [-0.25, -0.2) is 4.98 Å². The molecule has 0 saturated heterocycles. The van der Waals surface area contributed by atoms with E-state index in [1.165, 1.54) is 20.6 Å². The number of aromatic nitrogens is 1. The molecule has 8 nitrogen and oxygen atoms in total. The van der Waals surface area contributed by atoms with Crippen LogP contribution in [0.5, 0.6) is 5.75 Å². The van der Waals surface area contributed by atoms with Gasteiger partial charge in [-0.3, -0.25) is 9.59 Å². The van der Waals surface area contributed by atoms with Gasteiger partial charge in [-0.05, 0) is 12.1 Å². The van der Waals surface area contributed by atoms with Crippen LogP contribution in [0.2, 0.25) is 0 Å². The first kappa shape index (κ1) is 17.5. The highest BCUT2D eigenvalue weighted by Gasteiger charge is 2.16. The predicted molar refractivity (Wildman–Crippen MR) is 87.3 cm³/mol. The summed E-state index contributed by atoms with van der Waals surface area (Å²) < 4.78 is 15.2. The molecule has 0 aliphatic rings. The topological polar surface area (TPSA) is 103 Å². The van der Waals surface area contributed by atoms with E-state index in [0.29, 0.717) is 29.3 Å². The smallest absolute Gasteiger partial charge is 0.277 e. The fourth-order valence-corrected chi connectivity index (χ4v) is 2.09. The Morgan fingerprint density at radius 2 is 2.04 bits per heavy atom. The SMILES string of the molecule is CCc1ocnc1C(=O)Nc1ccc(NC(=O)COC)c(OC)c1. The Balaban J connectivity index is 2.14. The first-order valence-corrected chi connectivity index (χ1v) is 7.29. The highest BCUT2D eigenvalue weighted by molar-refractivity contribution is 6.04. The molecule has 128 valence electrons. The Kier molecular flexibility index (Phi) is 5.91. The minimum atomic E-state index is -0.376. The molecule has 24 heavy (non-hydrogen) atoms. The molecule has 0 atom stereocenters. The molecule has 0 unspecified atom stereocenters. The number of hydrogen-bond donors (Lipinski definition) is 2. The van der Waals surface area contributed by atoms with Crippen LogP contribution in [0.25, 0.3) is 0 Å². The summed E-state index contributed by atoms with van der Waals surface area (Å²) in [6.07, 6.45) is 1.80. The first-order chi connectivity index (χ1) is 11.6. The zero-order chi connectivity index (χ0) is 17.5. The van der Waals surface area contributed by atoms with E-state index in [1.54, 1.807) is 18.2 Å². The van der Waals surface area contributed by atoms with Gasteiger partial charge in [0.15, 0.2) is 12.1 Å². The number of nitrogens with one attached hydrogen (secondary N) is 2. The van der Waals surface area contributed by atoms with E-state index in [1.807, 2.05) is 6.92 Å². The maximum Gasteiger partial charge on any atom is 0.277 e. The van der Waals surface area contributed by atoms with Crippen LogP contribution in [-0.4, -0.2) is 37.6 Å². The van der Waals surface area contributed by atoms with E-state index in [0.717, 1.165) is 0 Å². The number of carbonyl (C=O) groups excluding carboxylic acids is 2. The van der Waals surface area contributed by atoms with E-state index in [-0.39, 0.29) is 24.1 Å². The lowest BCUT2D eigenvalue weighted by atomic mass is 10.2. The van der Waals surface area contributed by atoms with E-state index in [4.69, 9.17) is 13.9 Å². The van der Waals surface area contributed by atoms with Crippen molar-refractivity contribution >= 4 is 23.2 Å². The van der Waals surface area contributed by atoms with Crippen LogP contribution in [0.4, 0.5) is 11.4 Å². The second-order valence-corrected chi connectivity index (χ2v) is 4.83. The monoisotopic (exact) mass is 333 g/mol. The highest BCUT2D eigenvalue weighted by atomic mass is 16.5. The van der Waals surface area contributed by atoms with Crippen molar-refractivity contribution in [1.82, 2.24) is 4.98 Å². The standard InChI is InChI=1S/C16H19N3O5/c1-4-12-15(17-9-24-12)16(21)18-10-5-6-11(13(7-10)23-3)19-14(20)8-22-2/h5-7,9H,4,8H2,1-3H3,(H,18,21)(H,19,20). The molecular weight excluding hydrogens is 314 g/mol. The van der Waals surface area contributed by atoms with Crippen molar-refractivity contribution < 1.29 is 23.5 Å². The molecule has 2 amide bonds. The molecule has 0 fully saturated rings. The first-order valence-electron chi connectivity index (χ1n) is 7.29. The molecule has 0 bridgehead atoms. The maximum atomic E-state index is 12.2. The van der Waals surface area contributed by atoms with Crippen molar-refractivity contribution in [3.05, 3.63) is 36.0 Å². The number of methoxy groups -OCH3 is 2. The summed E-state index contributed by atoms with van der Waals surface area (Å²) in [6.45, 7) is 1.81. The zero-order valence-corrected chi connectivity index (χ0v) is 13.7. The van der Waals surface area contributed by atoms with Gasteiger partial charge in [0, 0.05) is 25.3 Å². The summed E-state index contributed by atoms with van der Waals surface area (Å²) in [5, 5.41) is 5.38. The van der Waals surface area contributed by atoms with Crippen LogP contribution in [-0.2, 0) is 16.0 Å². The second kappa shape index (κ2) is 8.11. The third kappa shape index (κ3) is 4.11. The molecule has 1 aromatic heterocycles. The van der Waals surface area contributed by atoms with Crippen molar-refractivity contribution in [1.29, 1.82) is 0 Å². The molecule has 0 radical (unpaired) electrons. The number of benzene rings is 1. The Labute approximate surface area is 139 Å². The Morgan fingerprint density at radius 3 is 2.71 bits per heavy atom. The summed E-state index contributed by atoms with van der Waals surface area (Å²) in [5.41, 5.74) is 1.23. The fraction of sp³-hybridized carbons (Fsp3) is 0.312. The molecule has 1 heterocycles. The average Bonchev–Trinajstić information content (AvgIpc) is 3.05. The van der Waals surface area contributed by atoms with Gasteiger partial charge >= 0.3 is 0 Å². The van der Waals surface area contributed by atoms with Crippen LogP contribution < -0.4 is 15.4 Å². The lowest BCUT2D eigenvalue weighted by Gasteiger charge is -2.12. The molecule has 2 aromatic rings. The molecule has 8 heteroatoms. The van der Waals surface area contributed by atoms with Crippen LogP contribution >= 0.6 is 0 Å². The van der Waals surface area contributed by atoms with E-state index in [2.05, 4.69) is 15.6 Å². The van der Waals surface area contributed by atoms with Gasteiger partial charge in [0.25, 0.3) is 5.91 Å². The lowest BCUT2D eigenvalue weighted by Crippen LogP contribution is -2.18. The summed E-state index contributed by atoms with van der Waals surface area (Å²) in [6, 6.07) is 4.88. The van der Waals surface area contributed by atoms with Crippen molar-refractivity contribution in [3.8, 4) is 5.75 Å². The fourth-order valence-electron chi connectivity index (χ4n) is 2.09. The molecule has 2 rings (SSSR count). The number of aryl methyl sites for hydroxylation is 1. The zero-order valence-electron chi connectivity index (χ0n) is 13.7. The normalized spacial score (nSPS) is 10.3. The summed E-state index contributed by atoms with van der Waals surface area (Å²) in [5.74, 6) is 0.248. The Hall–Kier alpha value is -2.87. The Bertz CT molecular complexity index is 726. The lowest BCUT2D eigenvalue weighted by molar-refractivity contribution is -0.119. The van der Waals surface area contributed by atoms with Gasteiger partial charge in [-0.2, -0.15) is 0 Å². The predicted octanol–water partition coefficient (Wildman–Crippen LogP) is 2.08. The van der Waals surface area contributed by atoms with E-state index < -0.39 is 0 Å². The van der Waals surface area contributed by atoms with Crippen molar-refractivity contribution in [3.63, 3.8) is 0 Å². The molecular formula is C16H19N3O5. The number of carbonyl (C=O) groups is 2. The molecule has 0 aliphatic heterocycles. The van der Waals surface area contributed by atoms with E-state index >= 15 is 0 Å². The van der Waals surface area contributed by atoms with Gasteiger partial charge < -0.3 is 24.5 Å². The van der Waals surface area contributed by atoms with Crippen LogP contribution in [0.1, 0.15) is 23.2 Å². The summed E-state index contributed by atoms with van der Waals surface area (Å²) in [4.78, 5) is 27.8. The number of amides is 2. The van der Waals surface area contributed by atoms with E-state index in [9.17, 15) is 9.59 Å². The van der Waals surface area contributed by atoms with Gasteiger partial charge in [-0.15, -0.1) is 0 Å². The molecule has 1 aromatic carbocycles. The Morgan fingerprint density at radius 1 is 1.25 bits per heavy atom. The minimum Gasteiger partial charge on any atom is -0.494 e. The number of nitrogens with zero attached hydrogens (tertiary/aromatic N) is 1. The third-order valence-electron chi connectivity index (χ3n) is 3.19. The van der Waals surface area contributed by atoms with Crippen molar-refractivity contribution in [2.75, 3.05) is 31.5 Å². The van der Waals surface area contributed by atoms with Crippen LogP contribution in [0.15, 0.2) is 29.0 Å². The quantitative estimate of drug-likeness (QED) is 0.804. The molecule has 2 N–H and O–H groups in total. The minimum absolute atomic E-state index is 0.0619. The summed E-state index contributed by atoms with van der Waals surface area (Å²) in [7, 11) is 2.91. The molecule has 0 saturated carbocycles. The van der Waals surface area contributed by atoms with Gasteiger partial charge in [-0.1, -0.05) is 6.92 Å². The van der Waals surface area contributed by atoms with Crippen LogP contribution in [0, 0.1) is 0 Å². The van der Waals surface area contributed by atoms with Gasteiger partial charge in [0.05, 0.1) is 12.8 Å². The number of anilines is 2. The average molecular weight is 333 g/mol. The number of hydrogen-bond acceptors (Lipinski definition) is 6. The maximum absolute atomic E-state index is 12.2. The van der Waals surface area contributed by atoms with Crippen molar-refractivity contribution in [2.24, 2.45) is 0 Å². The van der Waals surface area contributed by atoms with Crippen molar-refractivity contribution in [2.45, 2.75) is 13.3 Å². The van der Waals surface area contributed by atoms with Gasteiger partial charge in [0.1, 0.15) is 18.1 Å². The third-order valence-corrected chi connectivity index (χ3v) is 3.19. The van der Waals surface area contributed by atoms with Gasteiger partial charge in [0.2, 0.25) is 5.91 Å². The molecule has 0 spiro atoms. The number of oxazole rings is 1. The highest BCUT2D eigenvalue weighted by Crippen LogP contribution is 2.28. The second-order valence-electron chi connectivity index (χ2n) is 4.83. The number of ether oxygens (including phenoxy) is 2. The molecule has 0 aliphatic carbocycles. The largest absolute Gasteiger partial charge is 0.494 e. The number of rotatable bonds is 7. The van der Waals surface area contributed by atoms with Crippen LogP contribution in [0.3, 0.4) is 0 Å². The summed E-state index contributed by atoms with van der Waals surface area (Å²) >= 11 is 0.